The van der Waals surface area contributed by atoms with Gasteiger partial charge in [0.25, 0.3) is 0 Å². The molecule has 0 rings (SSSR count). The Morgan fingerprint density at radius 1 is 1.56 bits per heavy atom. The van der Waals surface area contributed by atoms with Gasteiger partial charge in [0.2, 0.25) is 0 Å². The quantitative estimate of drug-likeness (QED) is 0.450. The number of aliphatic hydroxyl groups is 1. The van der Waals surface area contributed by atoms with Crippen molar-refractivity contribution >= 4 is 0 Å². The normalized spacial score (nSPS) is 14.0. The maximum atomic E-state index is 8.74. The van der Waals surface area contributed by atoms with Crippen molar-refractivity contribution in [1.82, 2.24) is 0 Å². The van der Waals surface area contributed by atoms with Gasteiger partial charge in [-0.3, -0.25) is 0 Å². The fourth-order valence-electron chi connectivity index (χ4n) is 0.507. The van der Waals surface area contributed by atoms with Crippen molar-refractivity contribution in [3.63, 3.8) is 0 Å². The molecule has 1 nitrogen and oxygen atoms in total. The summed E-state index contributed by atoms with van der Waals surface area (Å²) in [7, 11) is 0. The van der Waals surface area contributed by atoms with Crippen LogP contribution in [0.3, 0.4) is 0 Å². The van der Waals surface area contributed by atoms with Crippen molar-refractivity contribution in [2.75, 3.05) is 0 Å². The lowest BCUT2D eigenvalue weighted by Gasteiger charge is -1.91. The van der Waals surface area contributed by atoms with Crippen molar-refractivity contribution in [2.45, 2.75) is 25.9 Å². The molecule has 1 heteroatoms. The molecule has 0 saturated carbocycles. The zero-order valence-corrected chi connectivity index (χ0v) is 5.88. The average Bonchev–Trinajstić information content (AvgIpc) is 1.80. The molecule has 0 aliphatic heterocycles. The predicted octanol–water partition coefficient (Wildman–Crippen LogP) is 1.89. The lowest BCUT2D eigenvalue weighted by Crippen LogP contribution is -1.90. The Morgan fingerprint density at radius 3 is 2.67 bits per heavy atom. The first-order valence-electron chi connectivity index (χ1n) is 3.23. The number of hydrogen-bond donors (Lipinski definition) is 1. The molecule has 0 aromatic carbocycles. The van der Waals surface area contributed by atoms with Crippen LogP contribution in [0.5, 0.6) is 0 Å². The van der Waals surface area contributed by atoms with Crippen molar-refractivity contribution in [2.24, 2.45) is 0 Å². The fourth-order valence-corrected chi connectivity index (χ4v) is 0.507. The second-order valence-electron chi connectivity index (χ2n) is 2.03. The van der Waals surface area contributed by atoms with E-state index < -0.39 is 0 Å². The molecule has 0 bridgehead atoms. The van der Waals surface area contributed by atoms with E-state index in [0.717, 1.165) is 12.8 Å². The standard InChI is InChI=1S/C8H14O/c1-3-4-5-6-7-8(2)9/h3,6-9H,1,4-5H2,2H3. The van der Waals surface area contributed by atoms with Crippen LogP contribution in [0, 0.1) is 0 Å². The molecule has 1 unspecified atom stereocenters. The van der Waals surface area contributed by atoms with Crippen molar-refractivity contribution in [3.8, 4) is 0 Å². The first-order chi connectivity index (χ1) is 4.27. The number of hydrogen-bond acceptors (Lipinski definition) is 1. The highest BCUT2D eigenvalue weighted by atomic mass is 16.3. The highest BCUT2D eigenvalue weighted by molar-refractivity contribution is 4.87. The number of allylic oxidation sites excluding steroid dienone is 2. The molecule has 0 heterocycles. The van der Waals surface area contributed by atoms with Crippen LogP contribution in [0.25, 0.3) is 0 Å². The van der Waals surface area contributed by atoms with Crippen molar-refractivity contribution < 1.29 is 5.11 Å². The Kier molecular flexibility index (Phi) is 5.23. The van der Waals surface area contributed by atoms with Crippen LogP contribution in [-0.2, 0) is 0 Å². The smallest absolute Gasteiger partial charge is 0.0692 e. The van der Waals surface area contributed by atoms with E-state index in [1.807, 2.05) is 12.2 Å². The zero-order valence-electron chi connectivity index (χ0n) is 5.88. The minimum absolute atomic E-state index is 0.310. The van der Waals surface area contributed by atoms with Gasteiger partial charge in [-0.25, -0.2) is 0 Å². The molecule has 0 aliphatic carbocycles. The second kappa shape index (κ2) is 5.57. The Hall–Kier alpha value is -0.560. The molecule has 52 valence electrons. The zero-order chi connectivity index (χ0) is 7.11. The summed E-state index contributed by atoms with van der Waals surface area (Å²) in [6.07, 6.45) is 7.27. The molecule has 9 heavy (non-hydrogen) atoms. The summed E-state index contributed by atoms with van der Waals surface area (Å²) in [5, 5.41) is 8.74. The van der Waals surface area contributed by atoms with Crippen LogP contribution in [0.1, 0.15) is 19.8 Å². The monoisotopic (exact) mass is 126 g/mol. The molecular formula is C8H14O. The first kappa shape index (κ1) is 8.44. The molecule has 0 fully saturated rings. The Labute approximate surface area is 56.7 Å². The highest BCUT2D eigenvalue weighted by Gasteiger charge is 1.82. The van der Waals surface area contributed by atoms with Crippen LogP contribution in [0.15, 0.2) is 24.8 Å². The van der Waals surface area contributed by atoms with Gasteiger partial charge in [0, 0.05) is 0 Å². The van der Waals surface area contributed by atoms with Crippen LogP contribution in [0.2, 0.25) is 0 Å². The van der Waals surface area contributed by atoms with Crippen molar-refractivity contribution in [1.29, 1.82) is 0 Å². The maximum absolute atomic E-state index is 8.74. The Bertz CT molecular complexity index is 92.7. The van der Waals surface area contributed by atoms with Crippen LogP contribution in [-0.4, -0.2) is 11.2 Å². The minimum Gasteiger partial charge on any atom is -0.389 e. The average molecular weight is 126 g/mol. The number of aliphatic hydroxyl groups excluding tert-OH is 1. The van der Waals surface area contributed by atoms with Gasteiger partial charge in [-0.2, -0.15) is 0 Å². The van der Waals surface area contributed by atoms with E-state index in [1.165, 1.54) is 0 Å². The Balaban J connectivity index is 3.14. The molecule has 0 spiro atoms. The van der Waals surface area contributed by atoms with E-state index in [2.05, 4.69) is 6.58 Å². The van der Waals surface area contributed by atoms with Crippen LogP contribution in [0.4, 0.5) is 0 Å². The SMILES string of the molecule is C=CCCC=CC(C)O. The first-order valence-corrected chi connectivity index (χ1v) is 3.23. The van der Waals surface area contributed by atoms with Gasteiger partial charge in [0.05, 0.1) is 6.10 Å². The van der Waals surface area contributed by atoms with Crippen LogP contribution >= 0.6 is 0 Å². The third kappa shape index (κ3) is 7.44. The van der Waals surface area contributed by atoms with Crippen molar-refractivity contribution in [3.05, 3.63) is 24.8 Å². The summed E-state index contributed by atoms with van der Waals surface area (Å²) >= 11 is 0. The highest BCUT2D eigenvalue weighted by Crippen LogP contribution is 1.92. The van der Waals surface area contributed by atoms with Gasteiger partial charge in [-0.15, -0.1) is 6.58 Å². The summed E-state index contributed by atoms with van der Waals surface area (Å²) in [5.74, 6) is 0. The molecule has 0 saturated heterocycles. The lowest BCUT2D eigenvalue weighted by atomic mass is 10.2. The summed E-state index contributed by atoms with van der Waals surface area (Å²) in [6.45, 7) is 5.32. The molecule has 0 aliphatic rings. The fraction of sp³-hybridized carbons (Fsp3) is 0.500. The van der Waals surface area contributed by atoms with Gasteiger partial charge >= 0.3 is 0 Å². The van der Waals surface area contributed by atoms with Gasteiger partial charge < -0.3 is 5.11 Å². The molecule has 0 amide bonds. The summed E-state index contributed by atoms with van der Waals surface area (Å²) in [6, 6.07) is 0. The topological polar surface area (TPSA) is 20.2 Å². The molecule has 1 N–H and O–H groups in total. The molecular weight excluding hydrogens is 112 g/mol. The van der Waals surface area contributed by atoms with Gasteiger partial charge in [-0.1, -0.05) is 18.2 Å². The molecule has 1 atom stereocenters. The van der Waals surface area contributed by atoms with E-state index in [9.17, 15) is 0 Å². The summed E-state index contributed by atoms with van der Waals surface area (Å²) in [5.41, 5.74) is 0. The number of unbranched alkanes of at least 4 members (excludes halogenated alkanes) is 1. The third-order valence-corrected chi connectivity index (χ3v) is 0.952. The lowest BCUT2D eigenvalue weighted by molar-refractivity contribution is 0.244. The number of rotatable bonds is 4. The van der Waals surface area contributed by atoms with E-state index in [1.54, 1.807) is 13.0 Å². The molecule has 0 radical (unpaired) electrons. The molecule has 0 aromatic heterocycles. The minimum atomic E-state index is -0.310. The molecule has 0 aromatic rings. The predicted molar refractivity (Wildman–Crippen MR) is 40.3 cm³/mol. The van der Waals surface area contributed by atoms with E-state index >= 15 is 0 Å². The van der Waals surface area contributed by atoms with E-state index in [-0.39, 0.29) is 6.10 Å². The van der Waals surface area contributed by atoms with Gasteiger partial charge in [-0.05, 0) is 19.8 Å². The Morgan fingerprint density at radius 2 is 2.22 bits per heavy atom. The maximum Gasteiger partial charge on any atom is 0.0692 e. The van der Waals surface area contributed by atoms with Gasteiger partial charge in [0.1, 0.15) is 0 Å². The van der Waals surface area contributed by atoms with E-state index in [0.29, 0.717) is 0 Å². The summed E-state index contributed by atoms with van der Waals surface area (Å²) in [4.78, 5) is 0. The van der Waals surface area contributed by atoms with Crippen LogP contribution < -0.4 is 0 Å². The van der Waals surface area contributed by atoms with Gasteiger partial charge in [0.15, 0.2) is 0 Å². The third-order valence-electron chi connectivity index (χ3n) is 0.952. The van der Waals surface area contributed by atoms with E-state index in [4.69, 9.17) is 5.11 Å². The summed E-state index contributed by atoms with van der Waals surface area (Å²) < 4.78 is 0. The second-order valence-corrected chi connectivity index (χ2v) is 2.03. The largest absolute Gasteiger partial charge is 0.389 e.